The molecule has 1 aromatic carbocycles. The standard InChI is InChI=1S/C23H29N5O2/c1-3-19-20(23(29)24-14-16-8-6-5-7-9-16)21(26-17-10-12-30-13-11-17)18-15-25-28(4-2)22(18)27-19/h5-9,15,17H,3-4,10-14H2,1-2H3,(H,24,29)(H,26,27). The number of hydrogen-bond acceptors (Lipinski definition) is 5. The minimum absolute atomic E-state index is 0.107. The number of carbonyl (C=O) groups excluding carboxylic acids is 1. The summed E-state index contributed by atoms with van der Waals surface area (Å²) in [7, 11) is 0. The number of rotatable bonds is 7. The highest BCUT2D eigenvalue weighted by Gasteiger charge is 2.25. The van der Waals surface area contributed by atoms with Crippen molar-refractivity contribution in [2.75, 3.05) is 18.5 Å². The highest BCUT2D eigenvalue weighted by Crippen LogP contribution is 2.31. The first kappa shape index (κ1) is 20.3. The van der Waals surface area contributed by atoms with E-state index in [1.54, 1.807) is 0 Å². The van der Waals surface area contributed by atoms with Crippen LogP contribution in [0.1, 0.15) is 48.3 Å². The summed E-state index contributed by atoms with van der Waals surface area (Å²) in [6, 6.07) is 10.2. The topological polar surface area (TPSA) is 81.1 Å². The number of hydrogen-bond donors (Lipinski definition) is 2. The zero-order valence-corrected chi connectivity index (χ0v) is 17.6. The fourth-order valence-electron chi connectivity index (χ4n) is 3.93. The van der Waals surface area contributed by atoms with Crippen LogP contribution in [0.3, 0.4) is 0 Å². The van der Waals surface area contributed by atoms with Gasteiger partial charge in [-0.05, 0) is 31.7 Å². The van der Waals surface area contributed by atoms with Gasteiger partial charge in [0.2, 0.25) is 0 Å². The van der Waals surface area contributed by atoms with Gasteiger partial charge >= 0.3 is 0 Å². The number of ether oxygens (including phenoxy) is 1. The SMILES string of the molecule is CCc1nc2c(cnn2CC)c(NC2CCOCC2)c1C(=O)NCc1ccccc1. The molecule has 0 unspecified atom stereocenters. The molecule has 0 bridgehead atoms. The quantitative estimate of drug-likeness (QED) is 0.626. The van der Waals surface area contributed by atoms with Crippen LogP contribution >= 0.6 is 0 Å². The smallest absolute Gasteiger partial charge is 0.255 e. The van der Waals surface area contributed by atoms with Crippen LogP contribution in [0.5, 0.6) is 0 Å². The van der Waals surface area contributed by atoms with E-state index in [9.17, 15) is 4.79 Å². The minimum atomic E-state index is -0.107. The predicted octanol–water partition coefficient (Wildman–Crippen LogP) is 3.53. The summed E-state index contributed by atoms with van der Waals surface area (Å²) >= 11 is 0. The molecule has 2 N–H and O–H groups in total. The maximum absolute atomic E-state index is 13.3. The molecule has 1 saturated heterocycles. The van der Waals surface area contributed by atoms with E-state index >= 15 is 0 Å². The third kappa shape index (κ3) is 4.16. The van der Waals surface area contributed by atoms with Crippen LogP contribution in [-0.4, -0.2) is 39.9 Å². The maximum Gasteiger partial charge on any atom is 0.255 e. The molecule has 2 aromatic heterocycles. The van der Waals surface area contributed by atoms with Crippen LogP contribution in [0.4, 0.5) is 5.69 Å². The van der Waals surface area contributed by atoms with Crippen molar-refractivity contribution >= 4 is 22.6 Å². The Balaban J connectivity index is 1.73. The van der Waals surface area contributed by atoms with Crippen molar-refractivity contribution in [3.8, 4) is 0 Å². The van der Waals surface area contributed by atoms with E-state index in [0.29, 0.717) is 18.5 Å². The van der Waals surface area contributed by atoms with E-state index in [-0.39, 0.29) is 11.9 Å². The van der Waals surface area contributed by atoms with Gasteiger partial charge in [-0.15, -0.1) is 0 Å². The first-order valence-corrected chi connectivity index (χ1v) is 10.8. The van der Waals surface area contributed by atoms with E-state index in [2.05, 4.69) is 15.7 Å². The third-order valence-electron chi connectivity index (χ3n) is 5.59. The maximum atomic E-state index is 13.3. The molecule has 0 aliphatic carbocycles. The van der Waals surface area contributed by atoms with Gasteiger partial charge in [-0.2, -0.15) is 5.10 Å². The number of nitrogens with one attached hydrogen (secondary N) is 2. The number of anilines is 1. The van der Waals surface area contributed by atoms with E-state index in [4.69, 9.17) is 9.72 Å². The summed E-state index contributed by atoms with van der Waals surface area (Å²) in [6.45, 7) is 6.76. The highest BCUT2D eigenvalue weighted by molar-refractivity contribution is 6.07. The van der Waals surface area contributed by atoms with Crippen LogP contribution in [-0.2, 0) is 24.2 Å². The number of aromatic nitrogens is 3. The molecule has 158 valence electrons. The minimum Gasteiger partial charge on any atom is -0.381 e. The summed E-state index contributed by atoms with van der Waals surface area (Å²) in [5, 5.41) is 12.1. The van der Waals surface area contributed by atoms with Crippen LogP contribution in [0.15, 0.2) is 36.5 Å². The zero-order valence-electron chi connectivity index (χ0n) is 17.6. The average molecular weight is 408 g/mol. The molecular weight excluding hydrogens is 378 g/mol. The predicted molar refractivity (Wildman–Crippen MR) is 118 cm³/mol. The van der Waals surface area contributed by atoms with Gasteiger partial charge in [0.1, 0.15) is 0 Å². The average Bonchev–Trinajstić information content (AvgIpc) is 3.21. The van der Waals surface area contributed by atoms with Crippen molar-refractivity contribution in [3.05, 3.63) is 53.3 Å². The van der Waals surface area contributed by atoms with Gasteiger partial charge in [-0.3, -0.25) is 4.79 Å². The monoisotopic (exact) mass is 407 g/mol. The second-order valence-electron chi connectivity index (χ2n) is 7.56. The van der Waals surface area contributed by atoms with Crippen molar-refractivity contribution in [1.82, 2.24) is 20.1 Å². The van der Waals surface area contributed by atoms with E-state index in [1.165, 1.54) is 0 Å². The molecule has 30 heavy (non-hydrogen) atoms. The Morgan fingerprint density at radius 3 is 2.67 bits per heavy atom. The lowest BCUT2D eigenvalue weighted by atomic mass is 10.0. The number of fused-ring (bicyclic) bond motifs is 1. The second-order valence-corrected chi connectivity index (χ2v) is 7.56. The summed E-state index contributed by atoms with van der Waals surface area (Å²) in [6.07, 6.45) is 4.32. The lowest BCUT2D eigenvalue weighted by Crippen LogP contribution is -2.31. The van der Waals surface area contributed by atoms with Crippen LogP contribution in [0.25, 0.3) is 11.0 Å². The van der Waals surface area contributed by atoms with E-state index < -0.39 is 0 Å². The van der Waals surface area contributed by atoms with Gasteiger partial charge in [-0.1, -0.05) is 37.3 Å². The lowest BCUT2D eigenvalue weighted by Gasteiger charge is -2.26. The summed E-state index contributed by atoms with van der Waals surface area (Å²) in [4.78, 5) is 18.2. The first-order valence-electron chi connectivity index (χ1n) is 10.8. The fraction of sp³-hybridized carbons (Fsp3) is 0.435. The lowest BCUT2D eigenvalue weighted by molar-refractivity contribution is 0.0903. The first-order chi connectivity index (χ1) is 14.7. The molecule has 0 saturated carbocycles. The Morgan fingerprint density at radius 1 is 1.20 bits per heavy atom. The molecule has 1 amide bonds. The Morgan fingerprint density at radius 2 is 1.97 bits per heavy atom. The normalized spacial score (nSPS) is 14.7. The van der Waals surface area contributed by atoms with Gasteiger partial charge in [0.05, 0.1) is 28.5 Å². The zero-order chi connectivity index (χ0) is 20.9. The van der Waals surface area contributed by atoms with Gasteiger partial charge in [0.25, 0.3) is 5.91 Å². The van der Waals surface area contributed by atoms with Gasteiger partial charge in [-0.25, -0.2) is 9.67 Å². The van der Waals surface area contributed by atoms with Crippen molar-refractivity contribution in [2.45, 2.75) is 52.2 Å². The van der Waals surface area contributed by atoms with Crippen molar-refractivity contribution in [1.29, 1.82) is 0 Å². The molecule has 0 atom stereocenters. The molecule has 1 fully saturated rings. The van der Waals surface area contributed by atoms with Crippen LogP contribution in [0, 0.1) is 0 Å². The van der Waals surface area contributed by atoms with Crippen LogP contribution in [0.2, 0.25) is 0 Å². The highest BCUT2D eigenvalue weighted by atomic mass is 16.5. The molecule has 4 rings (SSSR count). The molecule has 0 radical (unpaired) electrons. The molecule has 7 heteroatoms. The fourth-order valence-corrected chi connectivity index (χ4v) is 3.93. The van der Waals surface area contributed by atoms with Crippen molar-refractivity contribution in [3.63, 3.8) is 0 Å². The second kappa shape index (κ2) is 9.26. The Bertz CT molecular complexity index is 1010. The van der Waals surface area contributed by atoms with Crippen molar-refractivity contribution < 1.29 is 9.53 Å². The van der Waals surface area contributed by atoms with Gasteiger partial charge in [0.15, 0.2) is 5.65 Å². The molecule has 3 heterocycles. The van der Waals surface area contributed by atoms with E-state index in [1.807, 2.05) is 55.1 Å². The third-order valence-corrected chi connectivity index (χ3v) is 5.59. The molecule has 0 spiro atoms. The Kier molecular flexibility index (Phi) is 6.28. The number of carbonyl (C=O) groups is 1. The summed E-state index contributed by atoms with van der Waals surface area (Å²) < 4.78 is 7.39. The number of aryl methyl sites for hydroxylation is 2. The van der Waals surface area contributed by atoms with Gasteiger partial charge in [0, 0.05) is 32.3 Å². The molecule has 1 aliphatic rings. The van der Waals surface area contributed by atoms with Crippen LogP contribution < -0.4 is 10.6 Å². The van der Waals surface area contributed by atoms with E-state index in [0.717, 1.165) is 60.6 Å². The number of benzene rings is 1. The van der Waals surface area contributed by atoms with Gasteiger partial charge < -0.3 is 15.4 Å². The molecule has 1 aliphatic heterocycles. The number of pyridine rings is 1. The Labute approximate surface area is 176 Å². The summed E-state index contributed by atoms with van der Waals surface area (Å²) in [5.74, 6) is -0.107. The number of nitrogens with zero attached hydrogens (tertiary/aromatic N) is 3. The molecule has 7 nitrogen and oxygen atoms in total. The summed E-state index contributed by atoms with van der Waals surface area (Å²) in [5.41, 5.74) is 4.15. The Hall–Kier alpha value is -2.93. The largest absolute Gasteiger partial charge is 0.381 e. The molecular formula is C23H29N5O2. The number of amides is 1. The van der Waals surface area contributed by atoms with Crippen molar-refractivity contribution in [2.24, 2.45) is 0 Å². The molecule has 3 aromatic rings.